The van der Waals surface area contributed by atoms with E-state index in [0.717, 1.165) is 54.6 Å². The lowest BCUT2D eigenvalue weighted by Crippen LogP contribution is -2.48. The van der Waals surface area contributed by atoms with E-state index in [2.05, 4.69) is 15.0 Å². The van der Waals surface area contributed by atoms with E-state index in [9.17, 15) is 4.79 Å². The number of nitrogens with zero attached hydrogens (tertiary/aromatic N) is 4. The van der Waals surface area contributed by atoms with Crippen molar-refractivity contribution in [2.24, 2.45) is 0 Å². The molecule has 1 aromatic heterocycles. The SMILES string of the molecule is Cc1cccc(C(=O)N2CCN(Cc3noc(C4CC4)n3)CC2)c1C. The highest BCUT2D eigenvalue weighted by Gasteiger charge is 2.30. The smallest absolute Gasteiger partial charge is 0.254 e. The standard InChI is InChI=1S/C19H24N4O2/c1-13-4-3-5-16(14(13)2)19(24)23-10-8-22(9-11-23)12-17-20-18(25-21-17)15-6-7-15/h3-5,15H,6-12H2,1-2H3. The van der Waals surface area contributed by atoms with Crippen LogP contribution >= 0.6 is 0 Å². The molecule has 1 saturated carbocycles. The maximum absolute atomic E-state index is 12.8. The molecule has 1 amide bonds. The molecule has 2 heterocycles. The average molecular weight is 340 g/mol. The molecule has 0 atom stereocenters. The van der Waals surface area contributed by atoms with Crippen molar-refractivity contribution in [2.75, 3.05) is 26.2 Å². The van der Waals surface area contributed by atoms with Gasteiger partial charge in [0.2, 0.25) is 5.89 Å². The van der Waals surface area contributed by atoms with Crippen molar-refractivity contribution in [1.29, 1.82) is 0 Å². The van der Waals surface area contributed by atoms with E-state index >= 15 is 0 Å². The van der Waals surface area contributed by atoms with Gasteiger partial charge in [-0.1, -0.05) is 17.3 Å². The summed E-state index contributed by atoms with van der Waals surface area (Å²) in [5, 5.41) is 4.09. The van der Waals surface area contributed by atoms with Gasteiger partial charge in [0.25, 0.3) is 5.91 Å². The maximum Gasteiger partial charge on any atom is 0.254 e. The van der Waals surface area contributed by atoms with Gasteiger partial charge in [-0.05, 0) is 43.9 Å². The van der Waals surface area contributed by atoms with Gasteiger partial charge in [-0.15, -0.1) is 0 Å². The van der Waals surface area contributed by atoms with E-state index in [0.29, 0.717) is 12.5 Å². The summed E-state index contributed by atoms with van der Waals surface area (Å²) in [6.07, 6.45) is 2.33. The number of carbonyl (C=O) groups excluding carboxylic acids is 1. The second kappa shape index (κ2) is 6.59. The molecule has 2 aliphatic rings. The first kappa shape index (κ1) is 16.3. The molecule has 2 fully saturated rings. The van der Waals surface area contributed by atoms with Crippen LogP contribution in [0.25, 0.3) is 0 Å². The molecule has 0 radical (unpaired) electrons. The number of carbonyl (C=O) groups is 1. The molecule has 4 rings (SSSR count). The van der Waals surface area contributed by atoms with Crippen molar-refractivity contribution >= 4 is 5.91 Å². The fourth-order valence-corrected chi connectivity index (χ4v) is 3.29. The zero-order valence-electron chi connectivity index (χ0n) is 14.9. The first-order valence-electron chi connectivity index (χ1n) is 9.02. The first-order chi connectivity index (χ1) is 12.1. The topological polar surface area (TPSA) is 62.5 Å². The molecule has 1 aromatic carbocycles. The largest absolute Gasteiger partial charge is 0.339 e. The second-order valence-corrected chi connectivity index (χ2v) is 7.14. The van der Waals surface area contributed by atoms with E-state index in [4.69, 9.17) is 4.52 Å². The molecule has 6 nitrogen and oxygen atoms in total. The molecular formula is C19H24N4O2. The molecule has 0 spiro atoms. The van der Waals surface area contributed by atoms with Crippen LogP contribution in [0.2, 0.25) is 0 Å². The minimum absolute atomic E-state index is 0.136. The lowest BCUT2D eigenvalue weighted by molar-refractivity contribution is 0.0623. The Morgan fingerprint density at radius 2 is 1.96 bits per heavy atom. The number of benzene rings is 1. The highest BCUT2D eigenvalue weighted by atomic mass is 16.5. The zero-order chi connectivity index (χ0) is 17.4. The number of amides is 1. The maximum atomic E-state index is 12.8. The van der Waals surface area contributed by atoms with Crippen molar-refractivity contribution in [2.45, 2.75) is 39.2 Å². The fourth-order valence-electron chi connectivity index (χ4n) is 3.29. The van der Waals surface area contributed by atoms with Crippen molar-refractivity contribution in [3.8, 4) is 0 Å². The van der Waals surface area contributed by atoms with Gasteiger partial charge in [-0.3, -0.25) is 9.69 Å². The van der Waals surface area contributed by atoms with Crippen molar-refractivity contribution in [3.63, 3.8) is 0 Å². The average Bonchev–Trinajstić information content (AvgIpc) is 3.37. The van der Waals surface area contributed by atoms with E-state index in [-0.39, 0.29) is 5.91 Å². The van der Waals surface area contributed by atoms with Gasteiger partial charge in [-0.25, -0.2) is 0 Å². The summed E-state index contributed by atoms with van der Waals surface area (Å²) in [5.41, 5.74) is 3.06. The number of aryl methyl sites for hydroxylation is 1. The lowest BCUT2D eigenvalue weighted by atomic mass is 10.0. The van der Waals surface area contributed by atoms with Crippen molar-refractivity contribution in [1.82, 2.24) is 19.9 Å². The molecule has 6 heteroatoms. The van der Waals surface area contributed by atoms with Gasteiger partial charge in [0.1, 0.15) is 0 Å². The Morgan fingerprint density at radius 1 is 1.20 bits per heavy atom. The van der Waals surface area contributed by atoms with Crippen LogP contribution in [0.4, 0.5) is 0 Å². The molecule has 0 bridgehead atoms. The molecule has 1 aliphatic carbocycles. The third-order valence-electron chi connectivity index (χ3n) is 5.27. The highest BCUT2D eigenvalue weighted by molar-refractivity contribution is 5.96. The Hall–Kier alpha value is -2.21. The van der Waals surface area contributed by atoms with Gasteiger partial charge in [-0.2, -0.15) is 4.98 Å². The third kappa shape index (κ3) is 3.44. The minimum Gasteiger partial charge on any atom is -0.339 e. The van der Waals surface area contributed by atoms with Crippen molar-refractivity contribution < 1.29 is 9.32 Å². The molecule has 25 heavy (non-hydrogen) atoms. The number of hydrogen-bond acceptors (Lipinski definition) is 5. The van der Waals surface area contributed by atoms with Crippen molar-refractivity contribution in [3.05, 3.63) is 46.6 Å². The lowest BCUT2D eigenvalue weighted by Gasteiger charge is -2.34. The highest BCUT2D eigenvalue weighted by Crippen LogP contribution is 2.38. The van der Waals surface area contributed by atoms with Crippen LogP contribution in [-0.2, 0) is 6.54 Å². The molecular weight excluding hydrogens is 316 g/mol. The molecule has 132 valence electrons. The summed E-state index contributed by atoms with van der Waals surface area (Å²) in [6.45, 7) is 7.91. The van der Waals surface area contributed by atoms with E-state index in [1.54, 1.807) is 0 Å². The Bertz CT molecular complexity index is 773. The Morgan fingerprint density at radius 3 is 2.68 bits per heavy atom. The molecule has 1 aliphatic heterocycles. The van der Waals surface area contributed by atoms with Crippen LogP contribution in [-0.4, -0.2) is 52.0 Å². The normalized spacial score (nSPS) is 18.6. The summed E-state index contributed by atoms with van der Waals surface area (Å²) in [5.74, 6) is 2.18. The van der Waals surface area contributed by atoms with Crippen LogP contribution in [0.3, 0.4) is 0 Å². The van der Waals surface area contributed by atoms with Crippen LogP contribution in [0, 0.1) is 13.8 Å². The summed E-state index contributed by atoms with van der Waals surface area (Å²) in [6, 6.07) is 5.93. The van der Waals surface area contributed by atoms with Gasteiger partial charge < -0.3 is 9.42 Å². The van der Waals surface area contributed by atoms with E-state index < -0.39 is 0 Å². The second-order valence-electron chi connectivity index (χ2n) is 7.14. The molecule has 1 saturated heterocycles. The number of hydrogen-bond donors (Lipinski definition) is 0. The van der Waals surface area contributed by atoms with Crippen LogP contribution in [0.1, 0.15) is 52.0 Å². The quantitative estimate of drug-likeness (QED) is 0.856. The van der Waals surface area contributed by atoms with E-state index in [1.165, 1.54) is 12.8 Å². The number of piperazine rings is 1. The van der Waals surface area contributed by atoms with Crippen LogP contribution in [0.15, 0.2) is 22.7 Å². The van der Waals surface area contributed by atoms with Gasteiger partial charge in [0.05, 0.1) is 6.54 Å². The first-order valence-corrected chi connectivity index (χ1v) is 9.02. The summed E-state index contributed by atoms with van der Waals surface area (Å²) >= 11 is 0. The Balaban J connectivity index is 1.34. The minimum atomic E-state index is 0.136. The molecule has 2 aromatic rings. The third-order valence-corrected chi connectivity index (χ3v) is 5.27. The number of rotatable bonds is 4. The summed E-state index contributed by atoms with van der Waals surface area (Å²) in [7, 11) is 0. The summed E-state index contributed by atoms with van der Waals surface area (Å²) in [4.78, 5) is 21.5. The van der Waals surface area contributed by atoms with E-state index in [1.807, 2.05) is 36.9 Å². The molecule has 0 N–H and O–H groups in total. The zero-order valence-corrected chi connectivity index (χ0v) is 14.9. The van der Waals surface area contributed by atoms with Gasteiger partial charge in [0.15, 0.2) is 5.82 Å². The monoisotopic (exact) mass is 340 g/mol. The fraction of sp³-hybridized carbons (Fsp3) is 0.526. The Labute approximate surface area is 147 Å². The Kier molecular flexibility index (Phi) is 4.29. The summed E-state index contributed by atoms with van der Waals surface area (Å²) < 4.78 is 5.32. The van der Waals surface area contributed by atoms with Crippen LogP contribution < -0.4 is 0 Å². The van der Waals surface area contributed by atoms with Gasteiger partial charge >= 0.3 is 0 Å². The van der Waals surface area contributed by atoms with Crippen LogP contribution in [0.5, 0.6) is 0 Å². The predicted octanol–water partition coefficient (Wildman–Crippen LogP) is 2.52. The predicted molar refractivity (Wildman–Crippen MR) is 93.4 cm³/mol. The number of aromatic nitrogens is 2. The van der Waals surface area contributed by atoms with Gasteiger partial charge in [0, 0.05) is 37.7 Å². The molecule has 0 unspecified atom stereocenters.